The maximum absolute atomic E-state index is 12.2. The number of carbonyl (C=O) groups excluding carboxylic acids is 2. The number of ether oxygens (including phenoxy) is 2. The first-order chi connectivity index (χ1) is 13.9. The molecule has 3 N–H and O–H groups in total. The van der Waals surface area contributed by atoms with Gasteiger partial charge in [-0.3, -0.25) is 4.79 Å². The Kier molecular flexibility index (Phi) is 6.59. The molecule has 7 heteroatoms. The summed E-state index contributed by atoms with van der Waals surface area (Å²) >= 11 is 0. The summed E-state index contributed by atoms with van der Waals surface area (Å²) in [5.74, 6) is 1.22. The van der Waals surface area contributed by atoms with Crippen LogP contribution in [0.5, 0.6) is 11.5 Å². The normalized spacial score (nSPS) is 12.2. The summed E-state index contributed by atoms with van der Waals surface area (Å²) in [6.45, 7) is 7.38. The highest BCUT2D eigenvalue weighted by Gasteiger charge is 2.12. The first-order valence-electron chi connectivity index (χ1n) is 9.70. The highest BCUT2D eigenvalue weighted by molar-refractivity contribution is 5.95. The Labute approximate surface area is 170 Å². The van der Waals surface area contributed by atoms with E-state index in [-0.39, 0.29) is 18.5 Å². The number of hydrogen-bond acceptors (Lipinski definition) is 4. The molecule has 0 spiro atoms. The summed E-state index contributed by atoms with van der Waals surface area (Å²) in [6.07, 6.45) is 0.651. The molecule has 0 saturated heterocycles. The molecule has 0 fully saturated rings. The van der Waals surface area contributed by atoms with Crippen molar-refractivity contribution in [2.75, 3.05) is 31.6 Å². The molecule has 0 saturated carbocycles. The Morgan fingerprint density at radius 1 is 0.931 bits per heavy atom. The third-order valence-electron chi connectivity index (χ3n) is 4.66. The van der Waals surface area contributed by atoms with Crippen molar-refractivity contribution < 1.29 is 19.1 Å². The topological polar surface area (TPSA) is 88.7 Å². The number of urea groups is 1. The predicted octanol–water partition coefficient (Wildman–Crippen LogP) is 2.86. The van der Waals surface area contributed by atoms with E-state index in [1.54, 1.807) is 0 Å². The summed E-state index contributed by atoms with van der Waals surface area (Å²) in [7, 11) is 0. The fraction of sp³-hybridized carbons (Fsp3) is 0.364. The Balaban J connectivity index is 1.40. The van der Waals surface area contributed by atoms with Crippen LogP contribution in [-0.4, -0.2) is 38.2 Å². The second kappa shape index (κ2) is 9.32. The number of rotatable bonds is 6. The number of carbonyl (C=O) groups is 2. The van der Waals surface area contributed by atoms with E-state index in [4.69, 9.17) is 9.47 Å². The van der Waals surface area contributed by atoms with Crippen molar-refractivity contribution in [1.29, 1.82) is 0 Å². The van der Waals surface area contributed by atoms with E-state index >= 15 is 0 Å². The second-order valence-corrected chi connectivity index (χ2v) is 7.16. The molecule has 2 aromatic rings. The third kappa shape index (κ3) is 5.63. The largest absolute Gasteiger partial charge is 0.486 e. The van der Waals surface area contributed by atoms with Gasteiger partial charge in [0, 0.05) is 12.2 Å². The van der Waals surface area contributed by atoms with Crippen LogP contribution in [0.4, 0.5) is 10.5 Å². The van der Waals surface area contributed by atoms with Crippen molar-refractivity contribution in [2.45, 2.75) is 27.2 Å². The Hall–Kier alpha value is -3.22. The summed E-state index contributed by atoms with van der Waals surface area (Å²) < 4.78 is 11.1. The first kappa shape index (κ1) is 20.5. The van der Waals surface area contributed by atoms with Gasteiger partial charge in [-0.05, 0) is 56.0 Å². The fourth-order valence-corrected chi connectivity index (χ4v) is 3.35. The van der Waals surface area contributed by atoms with Crippen molar-refractivity contribution in [1.82, 2.24) is 10.6 Å². The van der Waals surface area contributed by atoms with Gasteiger partial charge in [0.1, 0.15) is 13.2 Å². The van der Waals surface area contributed by atoms with Crippen LogP contribution in [0.15, 0.2) is 30.3 Å². The van der Waals surface area contributed by atoms with Crippen molar-refractivity contribution in [3.05, 3.63) is 52.6 Å². The predicted molar refractivity (Wildman–Crippen MR) is 112 cm³/mol. The van der Waals surface area contributed by atoms with Crippen LogP contribution in [0, 0.1) is 20.8 Å². The summed E-state index contributed by atoms with van der Waals surface area (Å²) in [5, 5.41) is 8.21. The molecule has 0 unspecified atom stereocenters. The van der Waals surface area contributed by atoms with Gasteiger partial charge in [0.15, 0.2) is 11.5 Å². The van der Waals surface area contributed by atoms with Crippen molar-refractivity contribution in [3.8, 4) is 11.5 Å². The lowest BCUT2D eigenvalue weighted by atomic mass is 10.1. The van der Waals surface area contributed by atoms with Gasteiger partial charge < -0.3 is 25.4 Å². The lowest BCUT2D eigenvalue weighted by molar-refractivity contribution is -0.115. The molecule has 0 atom stereocenters. The van der Waals surface area contributed by atoms with E-state index in [2.05, 4.69) is 16.0 Å². The van der Waals surface area contributed by atoms with Gasteiger partial charge in [-0.25, -0.2) is 4.79 Å². The minimum atomic E-state index is -0.380. The van der Waals surface area contributed by atoms with Crippen molar-refractivity contribution in [2.24, 2.45) is 0 Å². The molecular formula is C22H27N3O4. The molecule has 1 aliphatic heterocycles. The number of anilines is 1. The van der Waals surface area contributed by atoms with E-state index in [9.17, 15) is 9.59 Å². The number of amides is 3. The van der Waals surface area contributed by atoms with Crippen LogP contribution in [0.3, 0.4) is 0 Å². The van der Waals surface area contributed by atoms with Gasteiger partial charge in [-0.2, -0.15) is 0 Å². The van der Waals surface area contributed by atoms with E-state index in [0.717, 1.165) is 39.4 Å². The number of fused-ring (bicyclic) bond motifs is 1. The zero-order chi connectivity index (χ0) is 20.8. The molecule has 29 heavy (non-hydrogen) atoms. The number of benzene rings is 2. The quantitative estimate of drug-likeness (QED) is 0.699. The molecule has 3 amide bonds. The van der Waals surface area contributed by atoms with Crippen LogP contribution in [0.1, 0.15) is 22.3 Å². The standard InChI is InChI=1S/C22H27N3O4/c1-14-10-15(2)21(16(3)11-14)25-20(26)13-24-22(27)23-7-6-17-4-5-18-19(12-17)29-9-8-28-18/h4-5,10-12H,6-9,13H2,1-3H3,(H,25,26)(H2,23,24,27). The maximum Gasteiger partial charge on any atom is 0.315 e. The molecule has 7 nitrogen and oxygen atoms in total. The highest BCUT2D eigenvalue weighted by atomic mass is 16.6. The van der Waals surface area contributed by atoms with E-state index < -0.39 is 0 Å². The molecule has 3 rings (SSSR count). The summed E-state index contributed by atoms with van der Waals surface area (Å²) in [5.41, 5.74) is 4.98. The number of hydrogen-bond donors (Lipinski definition) is 3. The average molecular weight is 397 g/mol. The molecule has 0 aliphatic carbocycles. The number of aryl methyl sites for hydroxylation is 3. The van der Waals surface area contributed by atoms with Crippen LogP contribution >= 0.6 is 0 Å². The monoisotopic (exact) mass is 397 g/mol. The Bertz CT molecular complexity index is 888. The molecule has 0 radical (unpaired) electrons. The molecule has 0 aromatic heterocycles. The molecular weight excluding hydrogens is 370 g/mol. The minimum Gasteiger partial charge on any atom is -0.486 e. The molecule has 1 heterocycles. The lowest BCUT2D eigenvalue weighted by Gasteiger charge is -2.18. The van der Waals surface area contributed by atoms with Gasteiger partial charge >= 0.3 is 6.03 Å². The third-order valence-corrected chi connectivity index (χ3v) is 4.66. The van der Waals surface area contributed by atoms with Crippen molar-refractivity contribution >= 4 is 17.6 Å². The molecule has 2 aromatic carbocycles. The highest BCUT2D eigenvalue weighted by Crippen LogP contribution is 2.30. The smallest absolute Gasteiger partial charge is 0.315 e. The molecule has 0 bridgehead atoms. The van der Waals surface area contributed by atoms with Gasteiger partial charge in [-0.1, -0.05) is 23.8 Å². The fourth-order valence-electron chi connectivity index (χ4n) is 3.35. The second-order valence-electron chi connectivity index (χ2n) is 7.16. The Morgan fingerprint density at radius 3 is 2.34 bits per heavy atom. The van der Waals surface area contributed by atoms with Crippen LogP contribution < -0.4 is 25.4 Å². The SMILES string of the molecule is Cc1cc(C)c(NC(=O)CNC(=O)NCCc2ccc3c(c2)OCCO3)c(C)c1. The maximum atomic E-state index is 12.2. The van der Waals surface area contributed by atoms with Crippen LogP contribution in [0.2, 0.25) is 0 Å². The summed E-state index contributed by atoms with van der Waals surface area (Å²) in [6, 6.07) is 9.40. The zero-order valence-electron chi connectivity index (χ0n) is 17.1. The first-order valence-corrected chi connectivity index (χ1v) is 9.70. The Morgan fingerprint density at radius 2 is 1.62 bits per heavy atom. The van der Waals surface area contributed by atoms with E-state index in [1.165, 1.54) is 0 Å². The average Bonchev–Trinajstić information content (AvgIpc) is 2.69. The van der Waals surface area contributed by atoms with Crippen LogP contribution in [-0.2, 0) is 11.2 Å². The zero-order valence-corrected chi connectivity index (χ0v) is 17.1. The lowest BCUT2D eigenvalue weighted by Crippen LogP contribution is -2.40. The van der Waals surface area contributed by atoms with E-state index in [1.807, 2.05) is 51.1 Å². The molecule has 154 valence electrons. The summed E-state index contributed by atoms with van der Waals surface area (Å²) in [4.78, 5) is 24.1. The van der Waals surface area contributed by atoms with Gasteiger partial charge in [0.2, 0.25) is 5.91 Å². The van der Waals surface area contributed by atoms with Gasteiger partial charge in [0.05, 0.1) is 6.54 Å². The minimum absolute atomic E-state index is 0.0946. The van der Waals surface area contributed by atoms with Crippen LogP contribution in [0.25, 0.3) is 0 Å². The molecule has 1 aliphatic rings. The number of nitrogens with one attached hydrogen (secondary N) is 3. The van der Waals surface area contributed by atoms with Gasteiger partial charge in [-0.15, -0.1) is 0 Å². The van der Waals surface area contributed by atoms with Crippen molar-refractivity contribution in [3.63, 3.8) is 0 Å². The van der Waals surface area contributed by atoms with Gasteiger partial charge in [0.25, 0.3) is 0 Å². The van der Waals surface area contributed by atoms with E-state index in [0.29, 0.717) is 26.2 Å².